The molecule has 0 spiro atoms. The monoisotopic (exact) mass is 206 g/mol. The molecule has 0 rings (SSSR count). The van der Waals surface area contributed by atoms with E-state index in [1.165, 1.54) is 0 Å². The van der Waals surface area contributed by atoms with Crippen molar-refractivity contribution in [2.24, 2.45) is 0 Å². The molecule has 3 heteroatoms. The highest BCUT2D eigenvalue weighted by molar-refractivity contribution is 14.1. The molecule has 0 amide bonds. The van der Waals surface area contributed by atoms with Crippen molar-refractivity contribution in [2.45, 2.75) is 3.92 Å². The molecule has 0 aliphatic carbocycles. The molecule has 0 saturated heterocycles. The van der Waals surface area contributed by atoms with Gasteiger partial charge in [0.15, 0.2) is 0 Å². The Bertz CT molecular complexity index is 28.0. The van der Waals surface area contributed by atoms with Crippen LogP contribution in [-0.4, -0.2) is 17.3 Å². The second kappa shape index (κ2) is 3.77. The van der Waals surface area contributed by atoms with Gasteiger partial charge in [-0.15, -0.1) is 0 Å². The van der Waals surface area contributed by atoms with Gasteiger partial charge in [0, 0.05) is 0 Å². The Morgan fingerprint density at radius 3 is 1.67 bits per heavy atom. The van der Waals surface area contributed by atoms with Crippen LogP contribution in [0, 0.1) is 0 Å². The Hall–Kier alpha value is 0.590. The van der Waals surface area contributed by atoms with Crippen LogP contribution >= 0.6 is 22.6 Å². The summed E-state index contributed by atoms with van der Waals surface area (Å²) < 4.78 is 21.9. The molecule has 0 nitrogen and oxygen atoms in total. The summed E-state index contributed by atoms with van der Waals surface area (Å²) in [5.41, 5.74) is 0. The lowest BCUT2D eigenvalue weighted by molar-refractivity contribution is 0.417. The second-order valence-corrected chi connectivity index (χ2v) is 2.67. The van der Waals surface area contributed by atoms with Crippen LogP contribution < -0.4 is 0 Å². The SMILES string of the molecule is FCC(I)CF. The van der Waals surface area contributed by atoms with Crippen molar-refractivity contribution in [3.8, 4) is 0 Å². The molecule has 0 aliphatic rings. The quantitative estimate of drug-likeness (QED) is 0.476. The maximum atomic E-state index is 11.1. The maximum Gasteiger partial charge on any atom is 0.104 e. The van der Waals surface area contributed by atoms with E-state index in [-0.39, 0.29) is 0 Å². The molecular formula is C3H5F2I. The lowest BCUT2D eigenvalue weighted by atomic mass is 10.5. The Morgan fingerprint density at radius 2 is 1.67 bits per heavy atom. The van der Waals surface area contributed by atoms with E-state index < -0.39 is 17.3 Å². The summed E-state index contributed by atoms with van der Waals surface area (Å²) >= 11 is 1.72. The van der Waals surface area contributed by atoms with Gasteiger partial charge in [-0.05, 0) is 0 Å². The van der Waals surface area contributed by atoms with Crippen LogP contribution in [0.2, 0.25) is 0 Å². The highest BCUT2D eigenvalue weighted by Crippen LogP contribution is 1.99. The molecule has 0 heterocycles. The maximum absolute atomic E-state index is 11.1. The van der Waals surface area contributed by atoms with Gasteiger partial charge in [-0.2, -0.15) is 0 Å². The Morgan fingerprint density at radius 1 is 1.33 bits per heavy atom. The highest BCUT2D eigenvalue weighted by Gasteiger charge is 1.97. The fourth-order valence-electron chi connectivity index (χ4n) is 0.0412. The molecule has 0 bridgehead atoms. The first-order valence-corrected chi connectivity index (χ1v) is 2.81. The summed E-state index contributed by atoms with van der Waals surface area (Å²) in [6.07, 6.45) is 0. The van der Waals surface area contributed by atoms with Gasteiger partial charge in [0.2, 0.25) is 0 Å². The summed E-state index contributed by atoms with van der Waals surface area (Å²) in [6, 6.07) is 0. The van der Waals surface area contributed by atoms with E-state index in [4.69, 9.17) is 0 Å². The first-order chi connectivity index (χ1) is 2.81. The van der Waals surface area contributed by atoms with Gasteiger partial charge in [-0.25, -0.2) is 8.78 Å². The zero-order chi connectivity index (χ0) is 4.99. The van der Waals surface area contributed by atoms with E-state index >= 15 is 0 Å². The summed E-state index contributed by atoms with van der Waals surface area (Å²) in [7, 11) is 0. The predicted molar refractivity (Wildman–Crippen MR) is 29.8 cm³/mol. The standard InChI is InChI=1S/C3H5F2I/c4-1-3(6)2-5/h3H,1-2H2. The van der Waals surface area contributed by atoms with E-state index in [9.17, 15) is 8.78 Å². The van der Waals surface area contributed by atoms with E-state index in [1.54, 1.807) is 22.6 Å². The highest BCUT2D eigenvalue weighted by atomic mass is 127. The topological polar surface area (TPSA) is 0 Å². The fourth-order valence-corrected chi connectivity index (χ4v) is 0.0412. The van der Waals surface area contributed by atoms with E-state index in [2.05, 4.69) is 0 Å². The fraction of sp³-hybridized carbons (Fsp3) is 1.00. The zero-order valence-corrected chi connectivity index (χ0v) is 5.28. The van der Waals surface area contributed by atoms with Gasteiger partial charge in [0.05, 0.1) is 3.92 Å². The molecular weight excluding hydrogens is 201 g/mol. The molecule has 0 aliphatic heterocycles. The van der Waals surface area contributed by atoms with Crippen molar-refractivity contribution in [2.75, 3.05) is 13.3 Å². The summed E-state index contributed by atoms with van der Waals surface area (Å²) in [5.74, 6) is 0. The number of halogens is 3. The van der Waals surface area contributed by atoms with E-state index in [0.29, 0.717) is 0 Å². The van der Waals surface area contributed by atoms with Gasteiger partial charge in [0.25, 0.3) is 0 Å². The van der Waals surface area contributed by atoms with Crippen LogP contribution in [0.3, 0.4) is 0 Å². The Balaban J connectivity index is 2.75. The van der Waals surface area contributed by atoms with Crippen molar-refractivity contribution in [3.05, 3.63) is 0 Å². The van der Waals surface area contributed by atoms with Crippen molar-refractivity contribution in [1.29, 1.82) is 0 Å². The lowest BCUT2D eigenvalue weighted by Gasteiger charge is -1.90. The molecule has 0 N–H and O–H groups in total. The average molecular weight is 206 g/mol. The third kappa shape index (κ3) is 2.81. The van der Waals surface area contributed by atoms with Crippen LogP contribution in [-0.2, 0) is 0 Å². The molecule has 0 aromatic rings. The normalized spacial score (nSPS) is 10.0. The predicted octanol–water partition coefficient (Wildman–Crippen LogP) is 1.73. The molecule has 0 saturated carbocycles. The largest absolute Gasteiger partial charge is 0.250 e. The first-order valence-electron chi connectivity index (χ1n) is 1.57. The molecule has 0 aromatic carbocycles. The van der Waals surface area contributed by atoms with Crippen LogP contribution in [0.25, 0.3) is 0 Å². The smallest absolute Gasteiger partial charge is 0.104 e. The Kier molecular flexibility index (Phi) is 4.14. The van der Waals surface area contributed by atoms with Crippen LogP contribution in [0.5, 0.6) is 0 Å². The van der Waals surface area contributed by atoms with Crippen molar-refractivity contribution < 1.29 is 8.78 Å². The minimum Gasteiger partial charge on any atom is -0.250 e. The number of alkyl halides is 3. The second-order valence-electron chi connectivity index (χ2n) is 0.906. The number of hydrogen-bond acceptors (Lipinski definition) is 0. The van der Waals surface area contributed by atoms with Gasteiger partial charge in [-0.3, -0.25) is 0 Å². The minimum absolute atomic E-state index is 0.428. The molecule has 0 atom stereocenters. The van der Waals surface area contributed by atoms with Crippen molar-refractivity contribution in [1.82, 2.24) is 0 Å². The van der Waals surface area contributed by atoms with Crippen LogP contribution in [0.4, 0.5) is 8.78 Å². The first kappa shape index (κ1) is 6.59. The lowest BCUT2D eigenvalue weighted by Crippen LogP contribution is -2.00. The molecule has 0 unspecified atom stereocenters. The van der Waals surface area contributed by atoms with Gasteiger partial charge in [0.1, 0.15) is 13.3 Å². The molecule has 0 radical (unpaired) electrons. The zero-order valence-electron chi connectivity index (χ0n) is 3.13. The van der Waals surface area contributed by atoms with E-state index in [1.807, 2.05) is 0 Å². The molecule has 0 fully saturated rings. The van der Waals surface area contributed by atoms with Gasteiger partial charge in [-0.1, -0.05) is 22.6 Å². The van der Waals surface area contributed by atoms with Crippen LogP contribution in [0.15, 0.2) is 0 Å². The van der Waals surface area contributed by atoms with Crippen LogP contribution in [0.1, 0.15) is 0 Å². The molecule has 6 heavy (non-hydrogen) atoms. The third-order valence-corrected chi connectivity index (χ3v) is 1.00. The van der Waals surface area contributed by atoms with E-state index in [0.717, 1.165) is 0 Å². The van der Waals surface area contributed by atoms with Crippen molar-refractivity contribution >= 4 is 22.6 Å². The average Bonchev–Trinajstić information content (AvgIpc) is 1.65. The van der Waals surface area contributed by atoms with Gasteiger partial charge >= 0.3 is 0 Å². The van der Waals surface area contributed by atoms with Gasteiger partial charge < -0.3 is 0 Å². The minimum atomic E-state index is -0.558. The number of rotatable bonds is 2. The summed E-state index contributed by atoms with van der Waals surface area (Å²) in [6.45, 7) is -1.12. The van der Waals surface area contributed by atoms with Crippen molar-refractivity contribution in [3.63, 3.8) is 0 Å². The molecule has 38 valence electrons. The summed E-state index contributed by atoms with van der Waals surface area (Å²) in [5, 5.41) is 0. The summed E-state index contributed by atoms with van der Waals surface area (Å²) in [4.78, 5) is 0. The number of hydrogen-bond donors (Lipinski definition) is 0. The molecule has 0 aromatic heterocycles. The third-order valence-electron chi connectivity index (χ3n) is 0.335. The Labute approximate surface area is 49.1 Å².